The second-order valence-electron chi connectivity index (χ2n) is 4.82. The molecule has 0 bridgehead atoms. The van der Waals surface area contributed by atoms with E-state index in [0.717, 1.165) is 0 Å². The Kier molecular flexibility index (Phi) is 3.80. The van der Waals surface area contributed by atoms with Gasteiger partial charge in [-0.1, -0.05) is 27.7 Å². The van der Waals surface area contributed by atoms with Crippen LogP contribution in [0.4, 0.5) is 0 Å². The number of nitrogens with one attached hydrogen (secondary N) is 1. The lowest BCUT2D eigenvalue weighted by molar-refractivity contribution is -0.135. The van der Waals surface area contributed by atoms with Gasteiger partial charge in [0.15, 0.2) is 0 Å². The predicted octanol–water partition coefficient (Wildman–Crippen LogP) is 0.297. The lowest BCUT2D eigenvalue weighted by Crippen LogP contribution is -2.53. The number of aliphatic imine (C=N–C) groups is 1. The van der Waals surface area contributed by atoms with E-state index in [2.05, 4.69) is 10.3 Å². The standard InChI is InChI=1S/C11H19N3O2/c1-5(2)7-10(15)13-9(14-11(7)16)8(12)6(3)4/h5-8H,12H2,1-4H3,(H,13,14,15,16). The number of nitrogens with zero attached hydrogens (tertiary/aromatic N) is 1. The second-order valence-corrected chi connectivity index (χ2v) is 4.82. The van der Waals surface area contributed by atoms with Crippen molar-refractivity contribution in [2.45, 2.75) is 33.7 Å². The second kappa shape index (κ2) is 4.74. The van der Waals surface area contributed by atoms with Crippen molar-refractivity contribution in [3.05, 3.63) is 0 Å². The van der Waals surface area contributed by atoms with E-state index in [1.807, 2.05) is 27.7 Å². The molecule has 0 aromatic rings. The smallest absolute Gasteiger partial charge is 0.260 e. The number of rotatable bonds is 3. The molecule has 0 spiro atoms. The van der Waals surface area contributed by atoms with Gasteiger partial charge in [0.1, 0.15) is 11.8 Å². The van der Waals surface area contributed by atoms with E-state index >= 15 is 0 Å². The first-order valence-corrected chi connectivity index (χ1v) is 5.53. The first-order chi connectivity index (χ1) is 7.34. The Balaban J connectivity index is 2.92. The van der Waals surface area contributed by atoms with Crippen LogP contribution in [0.15, 0.2) is 4.99 Å². The van der Waals surface area contributed by atoms with Crippen LogP contribution >= 0.6 is 0 Å². The fraction of sp³-hybridized carbons (Fsp3) is 0.727. The first-order valence-electron chi connectivity index (χ1n) is 5.53. The summed E-state index contributed by atoms with van der Waals surface area (Å²) < 4.78 is 0. The molecule has 1 aliphatic heterocycles. The summed E-state index contributed by atoms with van der Waals surface area (Å²) in [7, 11) is 0. The summed E-state index contributed by atoms with van der Waals surface area (Å²) in [4.78, 5) is 27.3. The Morgan fingerprint density at radius 3 is 2.19 bits per heavy atom. The van der Waals surface area contributed by atoms with Gasteiger partial charge < -0.3 is 11.1 Å². The Morgan fingerprint density at radius 1 is 1.25 bits per heavy atom. The largest absolute Gasteiger partial charge is 0.321 e. The highest BCUT2D eigenvalue weighted by Gasteiger charge is 2.35. The molecule has 5 nitrogen and oxygen atoms in total. The topological polar surface area (TPSA) is 84.5 Å². The van der Waals surface area contributed by atoms with Gasteiger partial charge in [-0.2, -0.15) is 4.99 Å². The quantitative estimate of drug-likeness (QED) is 0.677. The van der Waals surface area contributed by atoms with Gasteiger partial charge in [0.05, 0.1) is 6.04 Å². The maximum absolute atomic E-state index is 11.7. The third-order valence-corrected chi connectivity index (χ3v) is 2.73. The summed E-state index contributed by atoms with van der Waals surface area (Å²) in [6.45, 7) is 7.48. The number of amidine groups is 1. The molecular formula is C11H19N3O2. The molecular weight excluding hydrogens is 206 g/mol. The molecule has 16 heavy (non-hydrogen) atoms. The van der Waals surface area contributed by atoms with Gasteiger partial charge in [-0.25, -0.2) is 0 Å². The summed E-state index contributed by atoms with van der Waals surface area (Å²) in [6, 6.07) is -0.402. The molecule has 5 heteroatoms. The molecule has 1 aliphatic rings. The Labute approximate surface area is 95.5 Å². The van der Waals surface area contributed by atoms with Crippen molar-refractivity contribution in [2.75, 3.05) is 0 Å². The summed E-state index contributed by atoms with van der Waals surface area (Å²) in [5, 5.41) is 2.62. The molecule has 2 atom stereocenters. The van der Waals surface area contributed by atoms with E-state index in [-0.39, 0.29) is 23.7 Å². The highest BCUT2D eigenvalue weighted by atomic mass is 16.2. The van der Waals surface area contributed by atoms with Crippen LogP contribution in [0.3, 0.4) is 0 Å². The molecule has 0 aliphatic carbocycles. The summed E-state index contributed by atoms with van der Waals surface area (Å²) in [5.41, 5.74) is 5.84. The summed E-state index contributed by atoms with van der Waals surface area (Å²) in [6.07, 6.45) is 0. The van der Waals surface area contributed by atoms with Gasteiger partial charge in [0.25, 0.3) is 5.91 Å². The average molecular weight is 225 g/mol. The van der Waals surface area contributed by atoms with E-state index in [4.69, 9.17) is 5.73 Å². The van der Waals surface area contributed by atoms with Gasteiger partial charge in [-0.3, -0.25) is 9.59 Å². The molecule has 3 N–H and O–H groups in total. The van der Waals surface area contributed by atoms with Crippen LogP contribution in [0.2, 0.25) is 0 Å². The highest BCUT2D eigenvalue weighted by molar-refractivity contribution is 6.17. The Bertz CT molecular complexity index is 334. The molecule has 0 radical (unpaired) electrons. The van der Waals surface area contributed by atoms with Gasteiger partial charge in [-0.05, 0) is 11.8 Å². The summed E-state index contributed by atoms with van der Waals surface area (Å²) >= 11 is 0. The van der Waals surface area contributed by atoms with Crippen LogP contribution in [0, 0.1) is 17.8 Å². The number of nitrogens with two attached hydrogens (primary N) is 1. The molecule has 0 fully saturated rings. The lowest BCUT2D eigenvalue weighted by Gasteiger charge is -2.26. The highest BCUT2D eigenvalue weighted by Crippen LogP contribution is 2.17. The van der Waals surface area contributed by atoms with Crippen LogP contribution in [-0.4, -0.2) is 23.7 Å². The van der Waals surface area contributed by atoms with Crippen molar-refractivity contribution in [1.29, 1.82) is 0 Å². The minimum Gasteiger partial charge on any atom is -0.321 e. The molecule has 1 rings (SSSR count). The van der Waals surface area contributed by atoms with Crippen molar-refractivity contribution >= 4 is 17.6 Å². The van der Waals surface area contributed by atoms with Gasteiger partial charge in [-0.15, -0.1) is 0 Å². The van der Waals surface area contributed by atoms with Gasteiger partial charge >= 0.3 is 0 Å². The van der Waals surface area contributed by atoms with Crippen LogP contribution in [0.25, 0.3) is 0 Å². The number of hydrogen-bond acceptors (Lipinski definition) is 3. The van der Waals surface area contributed by atoms with Crippen LogP contribution < -0.4 is 11.1 Å². The molecule has 0 aromatic carbocycles. The van der Waals surface area contributed by atoms with Crippen molar-refractivity contribution in [1.82, 2.24) is 5.32 Å². The third kappa shape index (κ3) is 2.47. The Hall–Kier alpha value is -1.23. The SMILES string of the molecule is CC(C)C(N)C1=NC(=O)C(C(C)C)C(=O)N1. The molecule has 90 valence electrons. The van der Waals surface area contributed by atoms with Crippen LogP contribution in [0.5, 0.6) is 0 Å². The van der Waals surface area contributed by atoms with E-state index in [1.165, 1.54) is 0 Å². The molecule has 0 saturated carbocycles. The Morgan fingerprint density at radius 2 is 1.81 bits per heavy atom. The number of hydrogen-bond donors (Lipinski definition) is 2. The van der Waals surface area contributed by atoms with Crippen LogP contribution in [-0.2, 0) is 9.59 Å². The zero-order valence-electron chi connectivity index (χ0n) is 10.2. The van der Waals surface area contributed by atoms with Crippen molar-refractivity contribution in [3.8, 4) is 0 Å². The summed E-state index contributed by atoms with van der Waals surface area (Å²) in [5.74, 6) is -0.980. The third-order valence-electron chi connectivity index (χ3n) is 2.73. The monoisotopic (exact) mass is 225 g/mol. The molecule has 2 unspecified atom stereocenters. The van der Waals surface area contributed by atoms with E-state index in [9.17, 15) is 9.59 Å². The first kappa shape index (κ1) is 12.8. The fourth-order valence-electron chi connectivity index (χ4n) is 1.59. The zero-order valence-corrected chi connectivity index (χ0v) is 10.2. The molecule has 2 amide bonds. The van der Waals surface area contributed by atoms with E-state index in [1.54, 1.807) is 0 Å². The zero-order chi connectivity index (χ0) is 12.5. The average Bonchev–Trinajstić information content (AvgIpc) is 2.14. The molecule has 0 saturated heterocycles. The van der Waals surface area contributed by atoms with E-state index in [0.29, 0.717) is 5.84 Å². The minimum atomic E-state index is -0.678. The predicted molar refractivity (Wildman–Crippen MR) is 61.7 cm³/mol. The number of amides is 2. The fourth-order valence-corrected chi connectivity index (χ4v) is 1.59. The maximum atomic E-state index is 11.7. The lowest BCUT2D eigenvalue weighted by atomic mass is 9.92. The van der Waals surface area contributed by atoms with Gasteiger partial charge in [0, 0.05) is 0 Å². The van der Waals surface area contributed by atoms with Crippen molar-refractivity contribution < 1.29 is 9.59 Å². The number of carbonyl (C=O) groups excluding carboxylic acids is 2. The van der Waals surface area contributed by atoms with E-state index < -0.39 is 12.0 Å². The van der Waals surface area contributed by atoms with Crippen molar-refractivity contribution in [3.63, 3.8) is 0 Å². The van der Waals surface area contributed by atoms with Crippen molar-refractivity contribution in [2.24, 2.45) is 28.5 Å². The maximum Gasteiger partial charge on any atom is 0.260 e. The number of carbonyl (C=O) groups is 2. The minimum absolute atomic E-state index is 0.0481. The molecule has 1 heterocycles. The van der Waals surface area contributed by atoms with Crippen LogP contribution in [0.1, 0.15) is 27.7 Å². The normalized spacial score (nSPS) is 23.4. The van der Waals surface area contributed by atoms with Gasteiger partial charge in [0.2, 0.25) is 5.91 Å². The molecule has 0 aromatic heterocycles.